The lowest BCUT2D eigenvalue weighted by molar-refractivity contribution is 0.0342. The molecule has 0 amide bonds. The molecule has 0 atom stereocenters. The van der Waals surface area contributed by atoms with Crippen molar-refractivity contribution in [1.29, 1.82) is 0 Å². The first-order valence-electron chi connectivity index (χ1n) is 6.18. The Morgan fingerprint density at radius 1 is 1.33 bits per heavy atom. The van der Waals surface area contributed by atoms with E-state index in [-0.39, 0.29) is 11.4 Å². The molecule has 4 heteroatoms. The molecule has 0 bridgehead atoms. The molecule has 0 aromatic heterocycles. The van der Waals surface area contributed by atoms with Crippen LogP contribution in [0.15, 0.2) is 24.3 Å². The average molecular weight is 250 g/mol. The molecule has 100 valence electrons. The van der Waals surface area contributed by atoms with Crippen molar-refractivity contribution in [2.45, 2.75) is 20.8 Å². The molecular formula is C14H22N2O2. The van der Waals surface area contributed by atoms with E-state index < -0.39 is 0 Å². The highest BCUT2D eigenvalue weighted by molar-refractivity contribution is 5.89. The first kappa shape index (κ1) is 14.5. The summed E-state index contributed by atoms with van der Waals surface area (Å²) in [6, 6.07) is 6.74. The summed E-state index contributed by atoms with van der Waals surface area (Å²) in [5, 5.41) is 3.25. The second-order valence-corrected chi connectivity index (χ2v) is 5.14. The first-order chi connectivity index (χ1) is 8.44. The van der Waals surface area contributed by atoms with Gasteiger partial charge in [0.15, 0.2) is 0 Å². The van der Waals surface area contributed by atoms with Crippen LogP contribution < -0.4 is 11.1 Å². The second-order valence-electron chi connectivity index (χ2n) is 5.14. The van der Waals surface area contributed by atoms with Gasteiger partial charge < -0.3 is 15.8 Å². The second kappa shape index (κ2) is 6.40. The third kappa shape index (κ3) is 4.75. The molecule has 0 spiro atoms. The van der Waals surface area contributed by atoms with Crippen molar-refractivity contribution in [2.24, 2.45) is 5.41 Å². The van der Waals surface area contributed by atoms with Crippen LogP contribution >= 0.6 is 0 Å². The maximum Gasteiger partial charge on any atom is 0.338 e. The van der Waals surface area contributed by atoms with Gasteiger partial charge in [-0.1, -0.05) is 20.8 Å². The molecule has 1 aromatic carbocycles. The maximum absolute atomic E-state index is 11.8. The van der Waals surface area contributed by atoms with Gasteiger partial charge in [-0.2, -0.15) is 0 Å². The highest BCUT2D eigenvalue weighted by Gasteiger charge is 2.20. The van der Waals surface area contributed by atoms with Crippen molar-refractivity contribution in [3.8, 4) is 0 Å². The lowest BCUT2D eigenvalue weighted by atomic mass is 9.95. The Morgan fingerprint density at radius 2 is 1.94 bits per heavy atom. The Balaban J connectivity index is 2.48. The van der Waals surface area contributed by atoms with Crippen LogP contribution in [0.5, 0.6) is 0 Å². The number of nitrogens with one attached hydrogen (secondary N) is 1. The summed E-state index contributed by atoms with van der Waals surface area (Å²) >= 11 is 0. The van der Waals surface area contributed by atoms with Crippen molar-refractivity contribution in [3.05, 3.63) is 29.8 Å². The van der Waals surface area contributed by atoms with Gasteiger partial charge in [-0.15, -0.1) is 0 Å². The SMILES string of the molecule is CCNCC(C)(C)COC(=O)c1ccc(N)cc1. The van der Waals surface area contributed by atoms with Gasteiger partial charge in [0.25, 0.3) is 0 Å². The fraction of sp³-hybridized carbons (Fsp3) is 0.500. The Hall–Kier alpha value is -1.55. The number of anilines is 1. The Morgan fingerprint density at radius 3 is 2.50 bits per heavy atom. The van der Waals surface area contributed by atoms with Crippen molar-refractivity contribution in [3.63, 3.8) is 0 Å². The maximum atomic E-state index is 11.8. The van der Waals surface area contributed by atoms with E-state index in [1.165, 1.54) is 0 Å². The smallest absolute Gasteiger partial charge is 0.338 e. The highest BCUT2D eigenvalue weighted by Crippen LogP contribution is 2.15. The summed E-state index contributed by atoms with van der Waals surface area (Å²) in [6.07, 6.45) is 0. The molecule has 0 unspecified atom stereocenters. The van der Waals surface area contributed by atoms with Crippen LogP contribution in [-0.2, 0) is 4.74 Å². The van der Waals surface area contributed by atoms with Gasteiger partial charge in [0, 0.05) is 17.6 Å². The predicted octanol–water partition coefficient (Wildman–Crippen LogP) is 2.06. The molecule has 0 fully saturated rings. The minimum Gasteiger partial charge on any atom is -0.461 e. The van der Waals surface area contributed by atoms with Gasteiger partial charge >= 0.3 is 5.97 Å². The third-order valence-corrected chi connectivity index (χ3v) is 2.59. The van der Waals surface area contributed by atoms with Gasteiger partial charge in [0.1, 0.15) is 0 Å². The number of carbonyl (C=O) groups excluding carboxylic acids is 1. The van der Waals surface area contributed by atoms with E-state index in [4.69, 9.17) is 10.5 Å². The van der Waals surface area contributed by atoms with Gasteiger partial charge in [0.2, 0.25) is 0 Å². The zero-order valence-corrected chi connectivity index (χ0v) is 11.3. The number of nitrogens with two attached hydrogens (primary N) is 1. The van der Waals surface area contributed by atoms with Crippen LogP contribution in [0.4, 0.5) is 5.69 Å². The summed E-state index contributed by atoms with van der Waals surface area (Å²) in [7, 11) is 0. The molecule has 0 saturated heterocycles. The third-order valence-electron chi connectivity index (χ3n) is 2.59. The quantitative estimate of drug-likeness (QED) is 0.599. The molecule has 1 rings (SSSR count). The fourth-order valence-corrected chi connectivity index (χ4v) is 1.48. The molecule has 0 aliphatic rings. The molecule has 18 heavy (non-hydrogen) atoms. The van der Waals surface area contributed by atoms with Crippen LogP contribution in [0, 0.1) is 5.41 Å². The minimum absolute atomic E-state index is 0.0700. The number of hydrogen-bond acceptors (Lipinski definition) is 4. The minimum atomic E-state index is -0.306. The van der Waals surface area contributed by atoms with Gasteiger partial charge in [0.05, 0.1) is 12.2 Å². The molecule has 0 heterocycles. The zero-order chi connectivity index (χ0) is 13.6. The van der Waals surface area contributed by atoms with E-state index in [0.717, 1.165) is 13.1 Å². The van der Waals surface area contributed by atoms with Crippen LogP contribution in [0.3, 0.4) is 0 Å². The number of nitrogen functional groups attached to an aromatic ring is 1. The molecule has 4 nitrogen and oxygen atoms in total. The van der Waals surface area contributed by atoms with E-state index in [0.29, 0.717) is 17.9 Å². The van der Waals surface area contributed by atoms with Gasteiger partial charge in [-0.3, -0.25) is 0 Å². The summed E-state index contributed by atoms with van der Waals surface area (Å²) in [6.45, 7) is 8.30. The largest absolute Gasteiger partial charge is 0.461 e. The van der Waals surface area contributed by atoms with Crippen molar-refractivity contribution < 1.29 is 9.53 Å². The fourth-order valence-electron chi connectivity index (χ4n) is 1.48. The first-order valence-corrected chi connectivity index (χ1v) is 6.18. The number of carbonyl (C=O) groups is 1. The molecule has 0 aliphatic heterocycles. The van der Waals surface area contributed by atoms with Gasteiger partial charge in [-0.05, 0) is 30.8 Å². The van der Waals surface area contributed by atoms with Crippen LogP contribution in [0.2, 0.25) is 0 Å². The number of rotatable bonds is 6. The molecule has 0 saturated carbocycles. The Labute approximate surface area is 109 Å². The number of ether oxygens (including phenoxy) is 1. The van der Waals surface area contributed by atoms with Crippen molar-refractivity contribution >= 4 is 11.7 Å². The summed E-state index contributed by atoms with van der Waals surface area (Å²) in [5.74, 6) is -0.306. The number of hydrogen-bond donors (Lipinski definition) is 2. The van der Waals surface area contributed by atoms with E-state index >= 15 is 0 Å². The standard InChI is InChI=1S/C14H22N2O2/c1-4-16-9-14(2,3)10-18-13(17)11-5-7-12(15)8-6-11/h5-8,16H,4,9-10,15H2,1-3H3. The number of benzene rings is 1. The lowest BCUT2D eigenvalue weighted by Crippen LogP contribution is -2.33. The van der Waals surface area contributed by atoms with E-state index in [1.807, 2.05) is 0 Å². The van der Waals surface area contributed by atoms with Crippen LogP contribution in [0.1, 0.15) is 31.1 Å². The average Bonchev–Trinajstić information content (AvgIpc) is 2.35. The molecule has 3 N–H and O–H groups in total. The molecule has 1 aromatic rings. The summed E-state index contributed by atoms with van der Waals surface area (Å²) in [4.78, 5) is 11.8. The van der Waals surface area contributed by atoms with Crippen molar-refractivity contribution in [1.82, 2.24) is 5.32 Å². The normalized spacial score (nSPS) is 11.3. The van der Waals surface area contributed by atoms with E-state index in [2.05, 4.69) is 26.1 Å². The molecule has 0 radical (unpaired) electrons. The topological polar surface area (TPSA) is 64.3 Å². The Bertz CT molecular complexity index is 385. The predicted molar refractivity (Wildman–Crippen MR) is 73.5 cm³/mol. The summed E-state index contributed by atoms with van der Waals surface area (Å²) < 4.78 is 5.31. The zero-order valence-electron chi connectivity index (χ0n) is 11.3. The van der Waals surface area contributed by atoms with Crippen LogP contribution in [0.25, 0.3) is 0 Å². The molecule has 0 aliphatic carbocycles. The van der Waals surface area contributed by atoms with E-state index in [9.17, 15) is 4.79 Å². The van der Waals surface area contributed by atoms with Crippen LogP contribution in [-0.4, -0.2) is 25.7 Å². The lowest BCUT2D eigenvalue weighted by Gasteiger charge is -2.24. The van der Waals surface area contributed by atoms with Crippen molar-refractivity contribution in [2.75, 3.05) is 25.4 Å². The molecular weight excluding hydrogens is 228 g/mol. The Kier molecular flexibility index (Phi) is 5.16. The summed E-state index contributed by atoms with van der Waals surface area (Å²) in [5.41, 5.74) is 6.66. The van der Waals surface area contributed by atoms with E-state index in [1.54, 1.807) is 24.3 Å². The highest BCUT2D eigenvalue weighted by atomic mass is 16.5. The number of esters is 1. The monoisotopic (exact) mass is 250 g/mol. The van der Waals surface area contributed by atoms with Gasteiger partial charge in [-0.25, -0.2) is 4.79 Å².